The van der Waals surface area contributed by atoms with Crippen LogP contribution in [0.25, 0.3) is 10.8 Å². The lowest BCUT2D eigenvalue weighted by Crippen LogP contribution is -2.30. The van der Waals surface area contributed by atoms with Gasteiger partial charge in [0.25, 0.3) is 11.5 Å². The summed E-state index contributed by atoms with van der Waals surface area (Å²) in [4.78, 5) is 36.0. The molecule has 0 saturated heterocycles. The van der Waals surface area contributed by atoms with Crippen LogP contribution in [0.15, 0.2) is 29.1 Å². The molecule has 1 aromatic heterocycles. The molecule has 0 aliphatic rings. The predicted molar refractivity (Wildman–Crippen MR) is 95.7 cm³/mol. The van der Waals surface area contributed by atoms with Crippen LogP contribution in [0.1, 0.15) is 25.5 Å². The number of amides is 1. The number of esters is 1. The van der Waals surface area contributed by atoms with E-state index in [1.165, 1.54) is 0 Å². The number of rotatable bonds is 9. The smallest absolute Gasteiger partial charge is 0.312 e. The largest absolute Gasteiger partial charge is 0.455 e. The molecule has 0 radical (unpaired) electrons. The van der Waals surface area contributed by atoms with Gasteiger partial charge in [0.15, 0.2) is 6.61 Å². The van der Waals surface area contributed by atoms with Gasteiger partial charge in [-0.3, -0.25) is 14.4 Å². The summed E-state index contributed by atoms with van der Waals surface area (Å²) in [5.41, 5.74) is 0.0344. The first kappa shape index (κ1) is 19.6. The summed E-state index contributed by atoms with van der Waals surface area (Å²) < 4.78 is 6.12. The van der Waals surface area contributed by atoms with Crippen molar-refractivity contribution in [1.82, 2.24) is 15.1 Å². The molecule has 0 saturated carbocycles. The van der Waals surface area contributed by atoms with Gasteiger partial charge in [0.05, 0.1) is 30.7 Å². The number of aliphatic hydroxyl groups excluding tert-OH is 1. The van der Waals surface area contributed by atoms with E-state index in [1.54, 1.807) is 24.3 Å². The van der Waals surface area contributed by atoms with Gasteiger partial charge in [-0.25, -0.2) is 4.68 Å². The van der Waals surface area contributed by atoms with E-state index in [4.69, 9.17) is 9.84 Å². The molecule has 0 unspecified atom stereocenters. The molecule has 1 heterocycles. The van der Waals surface area contributed by atoms with Crippen LogP contribution < -0.4 is 10.9 Å². The molecular weight excluding hydrogens is 338 g/mol. The Labute approximate surface area is 150 Å². The number of fused-ring (bicyclic) bond motifs is 1. The zero-order chi connectivity index (χ0) is 18.9. The molecule has 0 fully saturated rings. The Hall–Kier alpha value is -2.74. The number of aromatic nitrogens is 2. The number of hydrogen-bond donors (Lipinski definition) is 2. The molecule has 8 nitrogen and oxygen atoms in total. The number of unbranched alkanes of at least 4 members (excludes halogenated alkanes) is 1. The number of carbonyl (C=O) groups is 2. The van der Waals surface area contributed by atoms with E-state index in [0.29, 0.717) is 23.0 Å². The lowest BCUT2D eigenvalue weighted by atomic mass is 10.1. The van der Waals surface area contributed by atoms with Crippen molar-refractivity contribution in [3.63, 3.8) is 0 Å². The number of aliphatic hydroxyl groups is 1. The molecule has 0 bridgehead atoms. The first-order chi connectivity index (χ1) is 12.6. The molecule has 1 aromatic carbocycles. The Morgan fingerprint density at radius 3 is 2.69 bits per heavy atom. The second-order valence-corrected chi connectivity index (χ2v) is 5.79. The van der Waals surface area contributed by atoms with Gasteiger partial charge < -0.3 is 15.2 Å². The maximum Gasteiger partial charge on any atom is 0.312 e. The third-order valence-corrected chi connectivity index (χ3v) is 3.78. The average molecular weight is 361 g/mol. The first-order valence-electron chi connectivity index (χ1n) is 8.58. The Bertz CT molecular complexity index is 831. The van der Waals surface area contributed by atoms with Crippen LogP contribution in [0, 0.1) is 0 Å². The highest BCUT2D eigenvalue weighted by atomic mass is 16.5. The van der Waals surface area contributed by atoms with Crippen LogP contribution in [-0.4, -0.2) is 46.5 Å². The SMILES string of the molecule is CCCCNC(=O)COC(=O)Cc1nn(CCO)c(=O)c2ccccc12. The molecule has 140 valence electrons. The number of nitrogens with zero attached hydrogens (tertiary/aromatic N) is 2. The van der Waals surface area contributed by atoms with Gasteiger partial charge in [-0.2, -0.15) is 5.10 Å². The summed E-state index contributed by atoms with van der Waals surface area (Å²) in [7, 11) is 0. The van der Waals surface area contributed by atoms with E-state index in [9.17, 15) is 14.4 Å². The minimum absolute atomic E-state index is 0.0333. The molecule has 0 aliphatic carbocycles. The highest BCUT2D eigenvalue weighted by Crippen LogP contribution is 2.14. The summed E-state index contributed by atoms with van der Waals surface area (Å²) in [6.45, 7) is 2.00. The van der Waals surface area contributed by atoms with Gasteiger partial charge in [0.2, 0.25) is 0 Å². The molecule has 2 rings (SSSR count). The van der Waals surface area contributed by atoms with Crippen LogP contribution in [0.3, 0.4) is 0 Å². The number of benzene rings is 1. The molecular formula is C18H23N3O5. The Morgan fingerprint density at radius 2 is 2.00 bits per heavy atom. The van der Waals surface area contributed by atoms with Crippen molar-refractivity contribution in [3.05, 3.63) is 40.3 Å². The van der Waals surface area contributed by atoms with Crippen LogP contribution in [-0.2, 0) is 27.3 Å². The number of ether oxygens (including phenoxy) is 1. The van der Waals surface area contributed by atoms with E-state index in [0.717, 1.165) is 17.5 Å². The summed E-state index contributed by atoms with van der Waals surface area (Å²) in [6.07, 6.45) is 1.65. The van der Waals surface area contributed by atoms with Crippen molar-refractivity contribution in [3.8, 4) is 0 Å². The number of nitrogens with one attached hydrogen (secondary N) is 1. The molecule has 1 amide bonds. The summed E-state index contributed by atoms with van der Waals surface area (Å²) in [5, 5.41) is 16.9. The topological polar surface area (TPSA) is 111 Å². The predicted octanol–water partition coefficient (Wildman–Crippen LogP) is 0.391. The third kappa shape index (κ3) is 5.13. The lowest BCUT2D eigenvalue weighted by molar-refractivity contribution is -0.147. The van der Waals surface area contributed by atoms with Crippen molar-refractivity contribution in [2.45, 2.75) is 32.7 Å². The Kier molecular flexibility index (Phi) is 7.28. The van der Waals surface area contributed by atoms with Gasteiger partial charge in [0, 0.05) is 11.9 Å². The molecule has 0 spiro atoms. The van der Waals surface area contributed by atoms with Crippen LogP contribution in [0.5, 0.6) is 0 Å². The highest BCUT2D eigenvalue weighted by molar-refractivity contribution is 5.87. The van der Waals surface area contributed by atoms with Crippen LogP contribution >= 0.6 is 0 Å². The van der Waals surface area contributed by atoms with Crippen molar-refractivity contribution in [2.75, 3.05) is 19.8 Å². The molecule has 0 aliphatic heterocycles. The quantitative estimate of drug-likeness (QED) is 0.494. The summed E-state index contributed by atoms with van der Waals surface area (Å²) in [6, 6.07) is 6.81. The van der Waals surface area contributed by atoms with E-state index in [1.807, 2.05) is 6.92 Å². The zero-order valence-corrected chi connectivity index (χ0v) is 14.7. The van der Waals surface area contributed by atoms with Crippen molar-refractivity contribution >= 4 is 22.6 Å². The second kappa shape index (κ2) is 9.67. The standard InChI is InChI=1S/C18H23N3O5/c1-2-3-8-19-16(23)12-26-17(24)11-15-13-6-4-5-7-14(13)18(25)21(20-15)9-10-22/h4-7,22H,2-3,8-12H2,1H3,(H,19,23). The van der Waals surface area contributed by atoms with Gasteiger partial charge in [0.1, 0.15) is 0 Å². The van der Waals surface area contributed by atoms with Gasteiger partial charge in [-0.15, -0.1) is 0 Å². The molecule has 8 heteroatoms. The normalized spacial score (nSPS) is 10.7. The maximum atomic E-state index is 12.3. The monoisotopic (exact) mass is 361 g/mol. The van der Waals surface area contributed by atoms with E-state index >= 15 is 0 Å². The zero-order valence-electron chi connectivity index (χ0n) is 14.7. The highest BCUT2D eigenvalue weighted by Gasteiger charge is 2.15. The Balaban J connectivity index is 2.09. The van der Waals surface area contributed by atoms with Gasteiger partial charge in [-0.1, -0.05) is 31.5 Å². The maximum absolute atomic E-state index is 12.3. The number of hydrogen-bond acceptors (Lipinski definition) is 6. The third-order valence-electron chi connectivity index (χ3n) is 3.78. The lowest BCUT2D eigenvalue weighted by Gasteiger charge is -2.10. The van der Waals surface area contributed by atoms with Crippen LogP contribution in [0.4, 0.5) is 0 Å². The van der Waals surface area contributed by atoms with E-state index in [2.05, 4.69) is 10.4 Å². The fourth-order valence-electron chi connectivity index (χ4n) is 2.47. The molecule has 2 N–H and O–H groups in total. The summed E-state index contributed by atoms with van der Waals surface area (Å²) >= 11 is 0. The second-order valence-electron chi connectivity index (χ2n) is 5.79. The Morgan fingerprint density at radius 1 is 1.27 bits per heavy atom. The van der Waals surface area contributed by atoms with Crippen molar-refractivity contribution in [2.24, 2.45) is 0 Å². The molecule has 2 aromatic rings. The first-order valence-corrected chi connectivity index (χ1v) is 8.58. The average Bonchev–Trinajstić information content (AvgIpc) is 2.64. The minimum atomic E-state index is -0.609. The van der Waals surface area contributed by atoms with E-state index in [-0.39, 0.29) is 37.6 Å². The van der Waals surface area contributed by atoms with Crippen LogP contribution in [0.2, 0.25) is 0 Å². The van der Waals surface area contributed by atoms with Gasteiger partial charge in [-0.05, 0) is 12.5 Å². The number of carbonyl (C=O) groups excluding carboxylic acids is 2. The van der Waals surface area contributed by atoms with Crippen molar-refractivity contribution < 1.29 is 19.4 Å². The fourth-order valence-corrected chi connectivity index (χ4v) is 2.47. The molecule has 0 atom stereocenters. The van der Waals surface area contributed by atoms with Gasteiger partial charge >= 0.3 is 5.97 Å². The molecule has 26 heavy (non-hydrogen) atoms. The van der Waals surface area contributed by atoms with Crippen molar-refractivity contribution in [1.29, 1.82) is 0 Å². The van der Waals surface area contributed by atoms with E-state index < -0.39 is 5.97 Å². The minimum Gasteiger partial charge on any atom is -0.455 e. The fraction of sp³-hybridized carbons (Fsp3) is 0.444. The summed E-state index contributed by atoms with van der Waals surface area (Å²) in [5.74, 6) is -0.961.